The summed E-state index contributed by atoms with van der Waals surface area (Å²) < 4.78 is 0. The van der Waals surface area contributed by atoms with Gasteiger partial charge in [0.25, 0.3) is 0 Å². The Balaban J connectivity index is 2.56. The molecule has 0 heterocycles. The van der Waals surface area contributed by atoms with E-state index in [1.54, 1.807) is 6.07 Å². The second-order valence-electron chi connectivity index (χ2n) is 2.78. The highest BCUT2D eigenvalue weighted by Crippen LogP contribution is 2.08. The second kappa shape index (κ2) is 4.02. The van der Waals surface area contributed by atoms with E-state index in [0.29, 0.717) is 0 Å². The van der Waals surface area contributed by atoms with E-state index in [-0.39, 0.29) is 0 Å². The van der Waals surface area contributed by atoms with Crippen LogP contribution in [0.2, 0.25) is 0 Å². The van der Waals surface area contributed by atoms with Crippen molar-refractivity contribution in [2.45, 2.75) is 26.2 Å². The van der Waals surface area contributed by atoms with Crippen LogP contribution in [-0.2, 0) is 6.42 Å². The molecule has 2 N–H and O–H groups in total. The van der Waals surface area contributed by atoms with Crippen LogP contribution in [0.5, 0.6) is 0 Å². The lowest BCUT2D eigenvalue weighted by Gasteiger charge is -1.99. The average Bonchev–Trinajstić information content (AvgIpc) is 2.01. The molecule has 0 saturated carbocycles. The van der Waals surface area contributed by atoms with Crippen LogP contribution in [0.3, 0.4) is 0 Å². The van der Waals surface area contributed by atoms with Crippen LogP contribution in [0.15, 0.2) is 18.2 Å². The molecule has 0 aromatic heterocycles. The second-order valence-corrected chi connectivity index (χ2v) is 2.78. The Morgan fingerprint density at radius 3 is 2.91 bits per heavy atom. The first-order valence-electron chi connectivity index (χ1n) is 4.08. The van der Waals surface area contributed by atoms with Crippen molar-refractivity contribution in [2.75, 3.05) is 5.73 Å². The van der Waals surface area contributed by atoms with Crippen LogP contribution in [0.4, 0.5) is 5.69 Å². The van der Waals surface area contributed by atoms with Gasteiger partial charge in [-0.1, -0.05) is 19.4 Å². The predicted molar refractivity (Wildman–Crippen MR) is 48.3 cm³/mol. The first kappa shape index (κ1) is 8.12. The summed E-state index contributed by atoms with van der Waals surface area (Å²) in [4.78, 5) is 0. The maximum Gasteiger partial charge on any atom is 0.0322 e. The van der Waals surface area contributed by atoms with Crippen molar-refractivity contribution in [3.05, 3.63) is 29.8 Å². The van der Waals surface area contributed by atoms with Gasteiger partial charge in [-0.25, -0.2) is 0 Å². The fourth-order valence-corrected chi connectivity index (χ4v) is 1.07. The monoisotopic (exact) mass is 148 g/mol. The van der Waals surface area contributed by atoms with E-state index in [0.717, 1.165) is 12.1 Å². The third-order valence-electron chi connectivity index (χ3n) is 1.69. The van der Waals surface area contributed by atoms with Crippen LogP contribution in [-0.4, -0.2) is 0 Å². The summed E-state index contributed by atoms with van der Waals surface area (Å²) in [5.74, 6) is 0. The molecule has 0 unspecified atom stereocenters. The molecule has 1 nitrogen and oxygen atoms in total. The molecule has 0 aliphatic carbocycles. The van der Waals surface area contributed by atoms with E-state index in [1.807, 2.05) is 12.1 Å². The van der Waals surface area contributed by atoms with Crippen LogP contribution in [0, 0.1) is 6.07 Å². The minimum absolute atomic E-state index is 0.818. The van der Waals surface area contributed by atoms with Crippen molar-refractivity contribution < 1.29 is 0 Å². The van der Waals surface area contributed by atoms with Crippen LogP contribution < -0.4 is 5.73 Å². The molecule has 0 amide bonds. The molecule has 1 radical (unpaired) electrons. The van der Waals surface area contributed by atoms with E-state index in [9.17, 15) is 0 Å². The Morgan fingerprint density at radius 2 is 2.27 bits per heavy atom. The molecule has 1 heteroatoms. The normalized spacial score (nSPS) is 9.91. The minimum Gasteiger partial charge on any atom is -0.399 e. The number of rotatable bonds is 3. The fraction of sp³-hybridized carbons (Fsp3) is 0.400. The third kappa shape index (κ3) is 2.62. The van der Waals surface area contributed by atoms with Crippen molar-refractivity contribution in [2.24, 2.45) is 0 Å². The molecule has 59 valence electrons. The van der Waals surface area contributed by atoms with E-state index in [4.69, 9.17) is 5.73 Å². The maximum absolute atomic E-state index is 5.60. The van der Waals surface area contributed by atoms with Gasteiger partial charge in [0.2, 0.25) is 0 Å². The number of nitrogens with two attached hydrogens (primary N) is 1. The SMILES string of the molecule is CCCCc1c[c]cc(N)c1. The zero-order valence-electron chi connectivity index (χ0n) is 6.93. The number of unbranched alkanes of at least 4 members (excludes halogenated alkanes) is 1. The quantitative estimate of drug-likeness (QED) is 0.654. The van der Waals surface area contributed by atoms with Gasteiger partial charge in [-0.15, -0.1) is 0 Å². The van der Waals surface area contributed by atoms with Crippen molar-refractivity contribution in [3.8, 4) is 0 Å². The van der Waals surface area contributed by atoms with E-state index < -0.39 is 0 Å². The summed E-state index contributed by atoms with van der Waals surface area (Å²) in [5, 5.41) is 0. The topological polar surface area (TPSA) is 26.0 Å². The molecule has 0 saturated heterocycles. The van der Waals surface area contributed by atoms with Crippen molar-refractivity contribution >= 4 is 5.69 Å². The zero-order valence-corrected chi connectivity index (χ0v) is 6.93. The fourth-order valence-electron chi connectivity index (χ4n) is 1.07. The summed E-state index contributed by atoms with van der Waals surface area (Å²) in [6.45, 7) is 2.19. The number of hydrogen-bond acceptors (Lipinski definition) is 1. The van der Waals surface area contributed by atoms with Gasteiger partial charge in [-0.05, 0) is 36.6 Å². The highest BCUT2D eigenvalue weighted by atomic mass is 14.5. The summed E-state index contributed by atoms with van der Waals surface area (Å²) in [7, 11) is 0. The summed E-state index contributed by atoms with van der Waals surface area (Å²) in [6.07, 6.45) is 3.59. The van der Waals surface area contributed by atoms with Gasteiger partial charge in [-0.2, -0.15) is 0 Å². The summed E-state index contributed by atoms with van der Waals surface area (Å²) in [5.41, 5.74) is 7.72. The Bertz CT molecular complexity index is 218. The van der Waals surface area contributed by atoms with Gasteiger partial charge < -0.3 is 5.73 Å². The Labute approximate surface area is 68.2 Å². The molecule has 0 aliphatic heterocycles. The van der Waals surface area contributed by atoms with E-state index in [2.05, 4.69) is 13.0 Å². The smallest absolute Gasteiger partial charge is 0.0322 e. The van der Waals surface area contributed by atoms with Crippen molar-refractivity contribution in [3.63, 3.8) is 0 Å². The van der Waals surface area contributed by atoms with E-state index >= 15 is 0 Å². The van der Waals surface area contributed by atoms with Gasteiger partial charge in [-0.3, -0.25) is 0 Å². The van der Waals surface area contributed by atoms with Gasteiger partial charge in [0, 0.05) is 5.69 Å². The highest BCUT2D eigenvalue weighted by molar-refractivity contribution is 5.39. The van der Waals surface area contributed by atoms with Gasteiger partial charge in [0.05, 0.1) is 0 Å². The van der Waals surface area contributed by atoms with Gasteiger partial charge >= 0.3 is 0 Å². The highest BCUT2D eigenvalue weighted by Gasteiger charge is 1.91. The first-order chi connectivity index (χ1) is 5.33. The molecule has 0 spiro atoms. The van der Waals surface area contributed by atoms with Gasteiger partial charge in [0.15, 0.2) is 0 Å². The standard InChI is InChI=1S/C10H14N/c1-2-3-5-9-6-4-7-10(11)8-9/h6-8H,2-3,5,11H2,1H3. The molecule has 0 aliphatic rings. The zero-order chi connectivity index (χ0) is 8.10. The third-order valence-corrected chi connectivity index (χ3v) is 1.69. The molecule has 1 aromatic carbocycles. The number of nitrogen functional groups attached to an aromatic ring is 1. The van der Waals surface area contributed by atoms with Crippen molar-refractivity contribution in [1.82, 2.24) is 0 Å². The molecule has 1 aromatic rings. The molecule has 1 rings (SSSR count). The molecule has 11 heavy (non-hydrogen) atoms. The Hall–Kier alpha value is -0.980. The Kier molecular flexibility index (Phi) is 2.96. The number of anilines is 1. The summed E-state index contributed by atoms with van der Waals surface area (Å²) >= 11 is 0. The van der Waals surface area contributed by atoms with Gasteiger partial charge in [0.1, 0.15) is 0 Å². The lowest BCUT2D eigenvalue weighted by Crippen LogP contribution is -1.88. The minimum atomic E-state index is 0.818. The van der Waals surface area contributed by atoms with E-state index in [1.165, 1.54) is 18.4 Å². The molecule has 0 atom stereocenters. The summed E-state index contributed by atoms with van der Waals surface area (Å²) in [6, 6.07) is 8.84. The lowest BCUT2D eigenvalue weighted by atomic mass is 10.1. The van der Waals surface area contributed by atoms with Crippen LogP contribution in [0.1, 0.15) is 25.3 Å². The largest absolute Gasteiger partial charge is 0.399 e. The number of hydrogen-bond donors (Lipinski definition) is 1. The van der Waals surface area contributed by atoms with Crippen LogP contribution >= 0.6 is 0 Å². The lowest BCUT2D eigenvalue weighted by molar-refractivity contribution is 0.795. The van der Waals surface area contributed by atoms with Crippen molar-refractivity contribution in [1.29, 1.82) is 0 Å². The number of aryl methyl sites for hydroxylation is 1. The van der Waals surface area contributed by atoms with Crippen LogP contribution in [0.25, 0.3) is 0 Å². The molecule has 0 fully saturated rings. The molecule has 0 bridgehead atoms. The molecular formula is C10H14N. The average molecular weight is 148 g/mol. The number of benzene rings is 1. The predicted octanol–water partition coefficient (Wildman–Crippen LogP) is 2.41. The first-order valence-corrected chi connectivity index (χ1v) is 4.08. The maximum atomic E-state index is 5.60. The molecular weight excluding hydrogens is 134 g/mol. The Morgan fingerprint density at radius 1 is 1.45 bits per heavy atom.